The lowest BCUT2D eigenvalue weighted by atomic mass is 10.1. The van der Waals surface area contributed by atoms with E-state index in [1.54, 1.807) is 36.1 Å². The van der Waals surface area contributed by atoms with Gasteiger partial charge in [0, 0.05) is 17.0 Å². The van der Waals surface area contributed by atoms with E-state index in [1.165, 1.54) is 19.2 Å². The number of hydrogen-bond donors (Lipinski definition) is 2. The zero-order valence-electron chi connectivity index (χ0n) is 15.5. The van der Waals surface area contributed by atoms with Gasteiger partial charge in [-0.25, -0.2) is 22.8 Å². The number of carbonyl (C=O) groups excluding carboxylic acids is 1. The molecule has 0 atom stereocenters. The molecule has 2 heterocycles. The van der Waals surface area contributed by atoms with Crippen molar-refractivity contribution < 1.29 is 13.2 Å². The van der Waals surface area contributed by atoms with E-state index in [0.717, 1.165) is 11.0 Å². The molecule has 0 saturated carbocycles. The molecule has 142 valence electrons. The summed E-state index contributed by atoms with van der Waals surface area (Å²) in [6.07, 6.45) is 3.26. The Hall–Kier alpha value is -2.78. The second-order valence-electron chi connectivity index (χ2n) is 6.46. The second-order valence-corrected chi connectivity index (χ2v) is 8.34. The Labute approximate surface area is 157 Å². The van der Waals surface area contributed by atoms with Gasteiger partial charge in [0.15, 0.2) is 5.65 Å². The van der Waals surface area contributed by atoms with E-state index in [-0.39, 0.29) is 16.5 Å². The second kappa shape index (κ2) is 7.09. The van der Waals surface area contributed by atoms with Gasteiger partial charge in [-0.2, -0.15) is 5.10 Å². The lowest BCUT2D eigenvalue weighted by Crippen LogP contribution is -2.20. The first-order valence-corrected chi connectivity index (χ1v) is 9.90. The van der Waals surface area contributed by atoms with Crippen molar-refractivity contribution >= 4 is 32.7 Å². The van der Waals surface area contributed by atoms with Crippen LogP contribution in [-0.2, 0) is 10.0 Å². The van der Waals surface area contributed by atoms with Crippen molar-refractivity contribution in [3.63, 3.8) is 0 Å². The number of hydrogen-bond acceptors (Lipinski definition) is 5. The molecular weight excluding hydrogens is 366 g/mol. The molecule has 2 N–H and O–H groups in total. The number of nitrogens with one attached hydrogen (secondary N) is 2. The van der Waals surface area contributed by atoms with Crippen LogP contribution in [0.2, 0.25) is 0 Å². The molecule has 0 aliphatic heterocycles. The Bertz CT molecular complexity index is 1120. The number of pyridine rings is 1. The Morgan fingerprint density at radius 1 is 1.19 bits per heavy atom. The number of aryl methyl sites for hydroxylation is 1. The van der Waals surface area contributed by atoms with Crippen LogP contribution in [0, 0.1) is 6.92 Å². The summed E-state index contributed by atoms with van der Waals surface area (Å²) in [4.78, 5) is 17.1. The Balaban J connectivity index is 1.91. The Morgan fingerprint density at radius 2 is 1.93 bits per heavy atom. The van der Waals surface area contributed by atoms with Crippen molar-refractivity contribution in [2.75, 3.05) is 12.4 Å². The summed E-state index contributed by atoms with van der Waals surface area (Å²) in [5, 5.41) is 7.89. The van der Waals surface area contributed by atoms with Gasteiger partial charge in [0.2, 0.25) is 10.0 Å². The highest BCUT2D eigenvalue weighted by atomic mass is 32.2. The average molecular weight is 387 g/mol. The first kappa shape index (κ1) is 19.0. The van der Waals surface area contributed by atoms with Crippen LogP contribution in [0.4, 0.5) is 5.69 Å². The number of benzene rings is 1. The van der Waals surface area contributed by atoms with E-state index in [1.807, 2.05) is 13.8 Å². The number of nitrogens with zero attached hydrogens (tertiary/aromatic N) is 3. The minimum absolute atomic E-state index is 0.0348. The quantitative estimate of drug-likeness (QED) is 0.700. The Kier molecular flexibility index (Phi) is 4.99. The largest absolute Gasteiger partial charge is 0.321 e. The van der Waals surface area contributed by atoms with Crippen molar-refractivity contribution in [3.8, 4) is 0 Å². The SMILES string of the molecule is CNS(=O)(=O)c1ccc(C)c(C(=O)Nc2cnc3c(cnn3C(C)C)c2)c1. The summed E-state index contributed by atoms with van der Waals surface area (Å²) >= 11 is 0. The molecule has 0 radical (unpaired) electrons. The first-order chi connectivity index (χ1) is 12.7. The predicted octanol–water partition coefficient (Wildman–Crippen LogP) is 2.48. The predicted molar refractivity (Wildman–Crippen MR) is 103 cm³/mol. The van der Waals surface area contributed by atoms with Crippen molar-refractivity contribution in [1.82, 2.24) is 19.5 Å². The van der Waals surface area contributed by atoms with Crippen molar-refractivity contribution in [3.05, 3.63) is 47.8 Å². The number of sulfonamides is 1. The molecule has 0 aliphatic carbocycles. The molecule has 3 rings (SSSR count). The fraction of sp³-hybridized carbons (Fsp3) is 0.278. The number of fused-ring (bicyclic) bond motifs is 1. The van der Waals surface area contributed by atoms with E-state index in [4.69, 9.17) is 0 Å². The standard InChI is InChI=1S/C18H21N5O3S/c1-11(2)23-17-13(9-21-23)7-14(10-20-17)22-18(24)16-8-15(6-5-12(16)3)27(25,26)19-4/h5-11,19H,1-4H3,(H,22,24). The molecule has 0 fully saturated rings. The van der Waals surface area contributed by atoms with Crippen molar-refractivity contribution in [2.24, 2.45) is 0 Å². The molecule has 0 bridgehead atoms. The molecule has 0 spiro atoms. The molecule has 2 aromatic heterocycles. The molecule has 0 saturated heterocycles. The summed E-state index contributed by atoms with van der Waals surface area (Å²) in [7, 11) is -2.30. The van der Waals surface area contributed by atoms with Gasteiger partial charge >= 0.3 is 0 Å². The first-order valence-electron chi connectivity index (χ1n) is 8.41. The monoisotopic (exact) mass is 387 g/mol. The van der Waals surface area contributed by atoms with Gasteiger partial charge in [0.25, 0.3) is 5.91 Å². The number of carbonyl (C=O) groups is 1. The maximum Gasteiger partial charge on any atom is 0.256 e. The molecule has 1 aromatic carbocycles. The summed E-state index contributed by atoms with van der Waals surface area (Å²) < 4.78 is 28.0. The fourth-order valence-corrected chi connectivity index (χ4v) is 3.47. The molecular formula is C18H21N5O3S. The van der Waals surface area contributed by atoms with E-state index in [0.29, 0.717) is 11.3 Å². The van der Waals surface area contributed by atoms with Gasteiger partial charge in [-0.1, -0.05) is 6.07 Å². The number of amides is 1. The minimum atomic E-state index is -3.63. The molecule has 1 amide bonds. The van der Waals surface area contributed by atoms with E-state index < -0.39 is 15.9 Å². The highest BCUT2D eigenvalue weighted by Gasteiger charge is 2.17. The topological polar surface area (TPSA) is 106 Å². The van der Waals surface area contributed by atoms with Gasteiger partial charge in [-0.15, -0.1) is 0 Å². The maximum absolute atomic E-state index is 12.7. The summed E-state index contributed by atoms with van der Waals surface area (Å²) in [6, 6.07) is 6.39. The molecule has 27 heavy (non-hydrogen) atoms. The van der Waals surface area contributed by atoms with E-state index in [2.05, 4.69) is 20.1 Å². The van der Waals surface area contributed by atoms with Gasteiger partial charge in [0.1, 0.15) is 0 Å². The van der Waals surface area contributed by atoms with Crippen LogP contribution < -0.4 is 10.0 Å². The summed E-state index contributed by atoms with van der Waals surface area (Å²) in [5.74, 6) is -0.405. The van der Waals surface area contributed by atoms with Crippen molar-refractivity contribution in [1.29, 1.82) is 0 Å². The molecule has 0 aliphatic rings. The third kappa shape index (κ3) is 3.69. The third-order valence-electron chi connectivity index (χ3n) is 4.21. The summed E-state index contributed by atoms with van der Waals surface area (Å²) in [5.41, 5.74) is 2.20. The smallest absolute Gasteiger partial charge is 0.256 e. The van der Waals surface area contributed by atoms with Crippen LogP contribution in [-0.4, -0.2) is 36.1 Å². The van der Waals surface area contributed by atoms with Crippen LogP contribution >= 0.6 is 0 Å². The zero-order chi connectivity index (χ0) is 19.8. The lowest BCUT2D eigenvalue weighted by Gasteiger charge is -2.10. The number of rotatable bonds is 5. The third-order valence-corrected chi connectivity index (χ3v) is 5.63. The normalized spacial score (nSPS) is 11.9. The summed E-state index contributed by atoms with van der Waals surface area (Å²) in [6.45, 7) is 5.77. The van der Waals surface area contributed by atoms with E-state index >= 15 is 0 Å². The maximum atomic E-state index is 12.7. The van der Waals surface area contributed by atoms with E-state index in [9.17, 15) is 13.2 Å². The molecule has 9 heteroatoms. The highest BCUT2D eigenvalue weighted by molar-refractivity contribution is 7.89. The number of anilines is 1. The molecule has 3 aromatic rings. The van der Waals surface area contributed by atoms with Crippen LogP contribution in [0.1, 0.15) is 35.8 Å². The Morgan fingerprint density at radius 3 is 2.59 bits per heavy atom. The van der Waals surface area contributed by atoms with Gasteiger partial charge < -0.3 is 5.32 Å². The van der Waals surface area contributed by atoms with Crippen LogP contribution in [0.5, 0.6) is 0 Å². The molecule has 8 nitrogen and oxygen atoms in total. The molecule has 0 unspecified atom stereocenters. The minimum Gasteiger partial charge on any atom is -0.321 e. The van der Waals surface area contributed by atoms with Gasteiger partial charge in [0.05, 0.1) is 23.0 Å². The van der Waals surface area contributed by atoms with Crippen LogP contribution in [0.3, 0.4) is 0 Å². The highest BCUT2D eigenvalue weighted by Crippen LogP contribution is 2.21. The van der Waals surface area contributed by atoms with Crippen LogP contribution in [0.15, 0.2) is 41.6 Å². The number of aromatic nitrogens is 3. The van der Waals surface area contributed by atoms with Gasteiger partial charge in [-0.3, -0.25) is 4.79 Å². The van der Waals surface area contributed by atoms with Crippen LogP contribution in [0.25, 0.3) is 11.0 Å². The lowest BCUT2D eigenvalue weighted by molar-refractivity contribution is 0.102. The zero-order valence-corrected chi connectivity index (χ0v) is 16.3. The average Bonchev–Trinajstić information content (AvgIpc) is 3.05. The fourth-order valence-electron chi connectivity index (χ4n) is 2.72. The van der Waals surface area contributed by atoms with Gasteiger partial charge in [-0.05, 0) is 51.6 Å². The van der Waals surface area contributed by atoms with Crippen molar-refractivity contribution in [2.45, 2.75) is 31.7 Å².